The molecule has 1 amide bonds. The molecule has 1 N–H and O–H groups in total. The number of hydrogen-bond donors (Lipinski definition) is 1. The van der Waals surface area contributed by atoms with Gasteiger partial charge in [0.25, 0.3) is 0 Å². The van der Waals surface area contributed by atoms with Gasteiger partial charge in [-0.05, 0) is 24.1 Å². The van der Waals surface area contributed by atoms with Crippen LogP contribution in [0.3, 0.4) is 0 Å². The highest BCUT2D eigenvalue weighted by atomic mass is 16.5. The molecule has 0 saturated carbocycles. The third-order valence-corrected chi connectivity index (χ3v) is 2.93. The zero-order valence-electron chi connectivity index (χ0n) is 12.2. The van der Waals surface area contributed by atoms with E-state index < -0.39 is 0 Å². The molecule has 0 aromatic heterocycles. The number of terminal acetylenes is 1. The van der Waals surface area contributed by atoms with E-state index >= 15 is 0 Å². The third-order valence-electron chi connectivity index (χ3n) is 2.93. The quantitative estimate of drug-likeness (QED) is 0.776. The molecule has 108 valence electrons. The first-order valence-electron chi connectivity index (χ1n) is 6.61. The van der Waals surface area contributed by atoms with Crippen LogP contribution in [0.2, 0.25) is 0 Å². The van der Waals surface area contributed by atoms with Crippen molar-refractivity contribution in [2.45, 2.75) is 32.2 Å². The fraction of sp³-hybridized carbons (Fsp3) is 0.438. The van der Waals surface area contributed by atoms with E-state index in [9.17, 15) is 4.79 Å². The molecular formula is C16H21NO3. The minimum absolute atomic E-state index is 0.0892. The minimum Gasteiger partial charge on any atom is -0.493 e. The number of ether oxygens (including phenoxy) is 2. The molecule has 0 aliphatic rings. The van der Waals surface area contributed by atoms with E-state index in [1.807, 2.05) is 13.0 Å². The van der Waals surface area contributed by atoms with Gasteiger partial charge in [-0.3, -0.25) is 4.79 Å². The molecule has 0 aliphatic carbocycles. The highest BCUT2D eigenvalue weighted by molar-refractivity contribution is 5.79. The molecule has 4 heteroatoms. The maximum absolute atomic E-state index is 11.9. The van der Waals surface area contributed by atoms with Gasteiger partial charge in [-0.2, -0.15) is 0 Å². The van der Waals surface area contributed by atoms with Gasteiger partial charge in [0.1, 0.15) is 0 Å². The van der Waals surface area contributed by atoms with Gasteiger partial charge >= 0.3 is 0 Å². The number of carbonyl (C=O) groups excluding carboxylic acids is 1. The van der Waals surface area contributed by atoms with Crippen molar-refractivity contribution < 1.29 is 14.3 Å². The molecule has 1 unspecified atom stereocenters. The molecule has 1 aromatic rings. The summed E-state index contributed by atoms with van der Waals surface area (Å²) in [4.78, 5) is 11.9. The van der Waals surface area contributed by atoms with Gasteiger partial charge in [0.05, 0.1) is 26.7 Å². The molecule has 0 aliphatic heterocycles. The summed E-state index contributed by atoms with van der Waals surface area (Å²) < 4.78 is 10.4. The Labute approximate surface area is 120 Å². The highest BCUT2D eigenvalue weighted by Gasteiger charge is 2.11. The second kappa shape index (κ2) is 8.11. The second-order valence-corrected chi connectivity index (χ2v) is 4.44. The topological polar surface area (TPSA) is 47.6 Å². The predicted octanol–water partition coefficient (Wildman–Crippen LogP) is 2.16. The van der Waals surface area contributed by atoms with Gasteiger partial charge in [0.2, 0.25) is 5.91 Å². The summed E-state index contributed by atoms with van der Waals surface area (Å²) in [5, 5.41) is 2.84. The number of rotatable bonds is 7. The van der Waals surface area contributed by atoms with Gasteiger partial charge < -0.3 is 14.8 Å². The van der Waals surface area contributed by atoms with E-state index in [4.69, 9.17) is 15.9 Å². The summed E-state index contributed by atoms with van der Waals surface area (Å²) in [6.07, 6.45) is 7.37. The average Bonchev–Trinajstić information content (AvgIpc) is 2.46. The standard InChI is InChI=1S/C16H21NO3/c1-5-7-13(6-2)17-16(18)11-12-8-9-14(19-3)15(10-12)20-4/h2,8-10,13H,5,7,11H2,1,3-4H3,(H,17,18). The van der Waals surface area contributed by atoms with Crippen molar-refractivity contribution in [1.82, 2.24) is 5.32 Å². The van der Waals surface area contributed by atoms with E-state index in [0.29, 0.717) is 11.5 Å². The van der Waals surface area contributed by atoms with E-state index in [0.717, 1.165) is 18.4 Å². The maximum atomic E-state index is 11.9. The van der Waals surface area contributed by atoms with E-state index in [1.54, 1.807) is 26.4 Å². The second-order valence-electron chi connectivity index (χ2n) is 4.44. The number of amides is 1. The molecule has 0 saturated heterocycles. The van der Waals surface area contributed by atoms with Crippen molar-refractivity contribution in [3.05, 3.63) is 23.8 Å². The minimum atomic E-state index is -0.201. The first-order chi connectivity index (χ1) is 9.64. The molecule has 0 spiro atoms. The summed E-state index contributed by atoms with van der Waals surface area (Å²) >= 11 is 0. The van der Waals surface area contributed by atoms with Crippen LogP contribution in [0.25, 0.3) is 0 Å². The first-order valence-corrected chi connectivity index (χ1v) is 6.61. The van der Waals surface area contributed by atoms with Crippen LogP contribution < -0.4 is 14.8 Å². The lowest BCUT2D eigenvalue weighted by molar-refractivity contribution is -0.120. The molecule has 1 aromatic carbocycles. The van der Waals surface area contributed by atoms with Crippen LogP contribution in [0.15, 0.2) is 18.2 Å². The van der Waals surface area contributed by atoms with E-state index in [2.05, 4.69) is 11.2 Å². The van der Waals surface area contributed by atoms with E-state index in [1.165, 1.54) is 0 Å². The Kier molecular flexibility index (Phi) is 6.45. The molecule has 0 radical (unpaired) electrons. The van der Waals surface area contributed by atoms with Gasteiger partial charge in [0.15, 0.2) is 11.5 Å². The molecular weight excluding hydrogens is 254 g/mol. The predicted molar refractivity (Wildman–Crippen MR) is 78.9 cm³/mol. The largest absolute Gasteiger partial charge is 0.493 e. The highest BCUT2D eigenvalue weighted by Crippen LogP contribution is 2.27. The Balaban J connectivity index is 2.69. The van der Waals surface area contributed by atoms with Gasteiger partial charge in [0, 0.05) is 0 Å². The van der Waals surface area contributed by atoms with Crippen molar-refractivity contribution in [2.75, 3.05) is 14.2 Å². The smallest absolute Gasteiger partial charge is 0.225 e. The maximum Gasteiger partial charge on any atom is 0.225 e. The van der Waals surface area contributed by atoms with Crippen molar-refractivity contribution in [3.63, 3.8) is 0 Å². The van der Waals surface area contributed by atoms with Crippen molar-refractivity contribution in [3.8, 4) is 23.8 Å². The van der Waals surface area contributed by atoms with Crippen LogP contribution in [0.5, 0.6) is 11.5 Å². The van der Waals surface area contributed by atoms with Crippen LogP contribution in [-0.2, 0) is 11.2 Å². The van der Waals surface area contributed by atoms with Gasteiger partial charge in [-0.25, -0.2) is 0 Å². The zero-order valence-corrected chi connectivity index (χ0v) is 12.2. The van der Waals surface area contributed by atoms with Gasteiger partial charge in [-0.15, -0.1) is 6.42 Å². The van der Waals surface area contributed by atoms with E-state index in [-0.39, 0.29) is 18.4 Å². The molecule has 4 nitrogen and oxygen atoms in total. The van der Waals surface area contributed by atoms with Crippen LogP contribution in [0, 0.1) is 12.3 Å². The average molecular weight is 275 g/mol. The fourth-order valence-corrected chi connectivity index (χ4v) is 1.91. The summed E-state index contributed by atoms with van der Waals surface area (Å²) in [7, 11) is 3.14. The lowest BCUT2D eigenvalue weighted by Gasteiger charge is -2.13. The van der Waals surface area contributed by atoms with Gasteiger partial charge in [-0.1, -0.05) is 25.3 Å². The summed E-state index contributed by atoms with van der Waals surface area (Å²) in [5.41, 5.74) is 0.854. The number of carbonyl (C=O) groups is 1. The van der Waals surface area contributed by atoms with Crippen molar-refractivity contribution in [1.29, 1.82) is 0 Å². The number of methoxy groups -OCH3 is 2. The number of benzene rings is 1. The summed E-state index contributed by atoms with van der Waals surface area (Å²) in [6, 6.07) is 5.22. The molecule has 1 atom stereocenters. The zero-order chi connectivity index (χ0) is 15.0. The Morgan fingerprint density at radius 3 is 2.60 bits per heavy atom. The number of nitrogens with one attached hydrogen (secondary N) is 1. The van der Waals surface area contributed by atoms with Crippen LogP contribution in [-0.4, -0.2) is 26.2 Å². The lowest BCUT2D eigenvalue weighted by Crippen LogP contribution is -2.34. The molecule has 0 heterocycles. The molecule has 1 rings (SSSR count). The Hall–Kier alpha value is -2.15. The summed E-state index contributed by atoms with van der Waals surface area (Å²) in [6.45, 7) is 2.03. The SMILES string of the molecule is C#CC(CCC)NC(=O)Cc1ccc(OC)c(OC)c1. The lowest BCUT2D eigenvalue weighted by atomic mass is 10.1. The molecule has 20 heavy (non-hydrogen) atoms. The fourth-order valence-electron chi connectivity index (χ4n) is 1.91. The Bertz CT molecular complexity index is 491. The monoisotopic (exact) mass is 275 g/mol. The first kappa shape index (κ1) is 15.9. The van der Waals surface area contributed by atoms with Crippen LogP contribution >= 0.6 is 0 Å². The Morgan fingerprint density at radius 2 is 2.05 bits per heavy atom. The Morgan fingerprint density at radius 1 is 1.35 bits per heavy atom. The number of hydrogen-bond acceptors (Lipinski definition) is 3. The van der Waals surface area contributed by atoms with Crippen molar-refractivity contribution >= 4 is 5.91 Å². The summed E-state index contributed by atoms with van der Waals surface area (Å²) in [5.74, 6) is 3.75. The normalized spacial score (nSPS) is 11.3. The van der Waals surface area contributed by atoms with Crippen LogP contribution in [0.4, 0.5) is 0 Å². The molecule has 0 fully saturated rings. The van der Waals surface area contributed by atoms with Crippen LogP contribution in [0.1, 0.15) is 25.3 Å². The van der Waals surface area contributed by atoms with Crippen molar-refractivity contribution in [2.24, 2.45) is 0 Å². The third kappa shape index (κ3) is 4.51. The molecule has 0 bridgehead atoms.